The maximum absolute atomic E-state index is 6.72. The molecule has 0 bridgehead atoms. The van der Waals surface area contributed by atoms with Crippen molar-refractivity contribution in [2.45, 2.75) is 0 Å². The summed E-state index contributed by atoms with van der Waals surface area (Å²) in [6, 6.07) is 67.5. The molecule has 1 aromatic heterocycles. The first-order chi connectivity index (χ1) is 27.3. The number of fused-ring (bicyclic) bond motifs is 5. The van der Waals surface area contributed by atoms with E-state index < -0.39 is 0 Å². The number of furan rings is 1. The second kappa shape index (κ2) is 10.7. The molecule has 0 atom stereocenters. The highest BCUT2D eigenvalue weighted by Crippen LogP contribution is 2.48. The van der Waals surface area contributed by atoms with Gasteiger partial charge in [-0.1, -0.05) is 164 Å². The van der Waals surface area contributed by atoms with Crippen LogP contribution < -0.4 is 0 Å². The summed E-state index contributed by atoms with van der Waals surface area (Å²) in [6.07, 6.45) is 0. The molecule has 55 heavy (non-hydrogen) atoms. The third kappa shape index (κ3) is 3.97. The minimum atomic E-state index is 0.904. The van der Waals surface area contributed by atoms with Crippen LogP contribution >= 0.6 is 0 Å². The van der Waals surface area contributed by atoms with E-state index in [9.17, 15) is 0 Å². The van der Waals surface area contributed by atoms with Crippen molar-refractivity contribution >= 4 is 97.3 Å². The molecule has 0 N–H and O–H groups in total. The summed E-state index contributed by atoms with van der Waals surface area (Å²) in [5, 5.41) is 20.2. The Morgan fingerprint density at radius 1 is 0.255 bits per heavy atom. The van der Waals surface area contributed by atoms with Gasteiger partial charge in [-0.2, -0.15) is 0 Å². The van der Waals surface area contributed by atoms with Gasteiger partial charge in [0.2, 0.25) is 0 Å². The monoisotopic (exact) mass is 694 g/mol. The van der Waals surface area contributed by atoms with Gasteiger partial charge in [-0.25, -0.2) is 0 Å². The fourth-order valence-electron chi connectivity index (χ4n) is 9.90. The second-order valence-electron chi connectivity index (χ2n) is 15.1. The Hall–Kier alpha value is -7.22. The molecule has 13 aromatic rings. The molecule has 0 aliphatic rings. The molecule has 0 aliphatic carbocycles. The van der Waals surface area contributed by atoms with Gasteiger partial charge in [0.05, 0.1) is 0 Å². The topological polar surface area (TPSA) is 13.1 Å². The van der Waals surface area contributed by atoms with Gasteiger partial charge >= 0.3 is 0 Å². The van der Waals surface area contributed by atoms with Gasteiger partial charge in [-0.05, 0) is 122 Å². The molecule has 1 heterocycles. The highest BCUT2D eigenvalue weighted by atomic mass is 16.3. The molecule has 0 radical (unpaired) electrons. The minimum Gasteiger partial charge on any atom is -0.455 e. The lowest BCUT2D eigenvalue weighted by Crippen LogP contribution is -1.92. The molecule has 252 valence electrons. The molecule has 13 rings (SSSR count). The lowest BCUT2D eigenvalue weighted by molar-refractivity contribution is 0.673. The second-order valence-corrected chi connectivity index (χ2v) is 15.1. The summed E-state index contributed by atoms with van der Waals surface area (Å²) in [6.45, 7) is 0. The van der Waals surface area contributed by atoms with E-state index in [0.717, 1.165) is 27.3 Å². The van der Waals surface area contributed by atoms with Crippen molar-refractivity contribution in [1.82, 2.24) is 0 Å². The molecule has 0 aliphatic heterocycles. The molecule has 0 spiro atoms. The van der Waals surface area contributed by atoms with E-state index in [2.05, 4.69) is 182 Å². The number of rotatable bonds is 3. The average molecular weight is 695 g/mol. The first kappa shape index (κ1) is 29.3. The van der Waals surface area contributed by atoms with E-state index in [1.165, 1.54) is 103 Å². The highest BCUT2D eigenvalue weighted by molar-refractivity contribution is 6.28. The Morgan fingerprint density at radius 3 is 1.47 bits per heavy atom. The van der Waals surface area contributed by atoms with E-state index >= 15 is 0 Å². The van der Waals surface area contributed by atoms with Gasteiger partial charge in [-0.3, -0.25) is 0 Å². The summed E-state index contributed by atoms with van der Waals surface area (Å²) in [4.78, 5) is 0. The molecule has 1 heteroatoms. The summed E-state index contributed by atoms with van der Waals surface area (Å²) >= 11 is 0. The molecular formula is C54H30O. The molecule has 12 aromatic carbocycles. The Morgan fingerprint density at radius 2 is 0.764 bits per heavy atom. The van der Waals surface area contributed by atoms with Crippen LogP contribution in [0, 0.1) is 0 Å². The largest absolute Gasteiger partial charge is 0.455 e. The Kier molecular flexibility index (Phi) is 5.69. The summed E-state index contributed by atoms with van der Waals surface area (Å²) in [5.41, 5.74) is 9.11. The predicted octanol–water partition coefficient (Wildman–Crippen LogP) is 15.5. The fourth-order valence-corrected chi connectivity index (χ4v) is 9.90. The van der Waals surface area contributed by atoms with E-state index in [4.69, 9.17) is 4.42 Å². The molecule has 0 saturated carbocycles. The molecule has 0 fully saturated rings. The van der Waals surface area contributed by atoms with Gasteiger partial charge in [0, 0.05) is 16.2 Å². The van der Waals surface area contributed by atoms with Gasteiger partial charge in [0.15, 0.2) is 0 Å². The molecule has 0 unspecified atom stereocenters. The van der Waals surface area contributed by atoms with Crippen molar-refractivity contribution in [3.05, 3.63) is 182 Å². The maximum Gasteiger partial charge on any atom is 0.143 e. The van der Waals surface area contributed by atoms with Gasteiger partial charge in [0.1, 0.15) is 11.2 Å². The molecule has 0 amide bonds. The van der Waals surface area contributed by atoms with Gasteiger partial charge in [0.25, 0.3) is 0 Å². The average Bonchev–Trinajstić information content (AvgIpc) is 3.64. The first-order valence-electron chi connectivity index (χ1n) is 19.1. The lowest BCUT2D eigenvalue weighted by Gasteiger charge is -2.19. The van der Waals surface area contributed by atoms with Gasteiger partial charge < -0.3 is 4.42 Å². The van der Waals surface area contributed by atoms with Crippen LogP contribution in [0.5, 0.6) is 0 Å². The van der Waals surface area contributed by atoms with Crippen molar-refractivity contribution in [3.8, 4) is 33.4 Å². The maximum atomic E-state index is 6.72. The van der Waals surface area contributed by atoms with E-state index in [-0.39, 0.29) is 0 Å². The molecular weight excluding hydrogens is 665 g/mol. The standard InChI is InChI=1S/C54H30O/c1-2-11-40-31(6-1)18-29-46-53-43(12-5-13-48(53)55-54(40)46)41-26-23-38(39-24-19-36-16-14-32-7-3-9-34-21-27-44(39)51(36)49(32)34)30-47(41)42-25-20-37-17-15-33-8-4-10-35-22-28-45(42)52(37)50(33)35/h1-30H. The quantitative estimate of drug-likeness (QED) is 0.168. The number of hydrogen-bond acceptors (Lipinski definition) is 1. The summed E-state index contributed by atoms with van der Waals surface area (Å²) in [7, 11) is 0. The van der Waals surface area contributed by atoms with Crippen LogP contribution in [0.15, 0.2) is 186 Å². The smallest absolute Gasteiger partial charge is 0.143 e. The van der Waals surface area contributed by atoms with Crippen molar-refractivity contribution in [1.29, 1.82) is 0 Å². The summed E-state index contributed by atoms with van der Waals surface area (Å²) < 4.78 is 6.72. The van der Waals surface area contributed by atoms with Crippen molar-refractivity contribution in [3.63, 3.8) is 0 Å². The molecule has 1 nitrogen and oxygen atoms in total. The third-order valence-corrected chi connectivity index (χ3v) is 12.4. The lowest BCUT2D eigenvalue weighted by atomic mass is 9.84. The normalized spacial score (nSPS) is 12.4. The van der Waals surface area contributed by atoms with Crippen LogP contribution in [0.2, 0.25) is 0 Å². The Labute approximate surface area is 315 Å². The summed E-state index contributed by atoms with van der Waals surface area (Å²) in [5.74, 6) is 0. The predicted molar refractivity (Wildman–Crippen MR) is 235 cm³/mol. The zero-order valence-electron chi connectivity index (χ0n) is 29.7. The van der Waals surface area contributed by atoms with Crippen molar-refractivity contribution in [2.24, 2.45) is 0 Å². The van der Waals surface area contributed by atoms with Crippen LogP contribution in [-0.4, -0.2) is 0 Å². The van der Waals surface area contributed by atoms with Crippen LogP contribution in [0.4, 0.5) is 0 Å². The zero-order chi connectivity index (χ0) is 35.8. The first-order valence-corrected chi connectivity index (χ1v) is 19.1. The minimum absolute atomic E-state index is 0.904. The van der Waals surface area contributed by atoms with Crippen LogP contribution in [0.1, 0.15) is 0 Å². The number of benzene rings is 12. The van der Waals surface area contributed by atoms with Crippen molar-refractivity contribution < 1.29 is 4.42 Å². The Balaban J connectivity index is 1.14. The third-order valence-electron chi connectivity index (χ3n) is 12.4. The van der Waals surface area contributed by atoms with Crippen molar-refractivity contribution in [2.75, 3.05) is 0 Å². The number of hydrogen-bond donors (Lipinski definition) is 0. The van der Waals surface area contributed by atoms with E-state index in [1.54, 1.807) is 0 Å². The highest BCUT2D eigenvalue weighted by Gasteiger charge is 2.21. The zero-order valence-corrected chi connectivity index (χ0v) is 29.7. The van der Waals surface area contributed by atoms with Crippen LogP contribution in [-0.2, 0) is 0 Å². The van der Waals surface area contributed by atoms with Crippen LogP contribution in [0.25, 0.3) is 131 Å². The molecule has 0 saturated heterocycles. The van der Waals surface area contributed by atoms with Gasteiger partial charge in [-0.15, -0.1) is 0 Å². The van der Waals surface area contributed by atoms with Crippen LogP contribution in [0.3, 0.4) is 0 Å². The fraction of sp³-hybridized carbons (Fsp3) is 0. The Bertz CT molecular complexity index is 3680. The van der Waals surface area contributed by atoms with E-state index in [1.807, 2.05) is 0 Å². The van der Waals surface area contributed by atoms with E-state index in [0.29, 0.717) is 0 Å². The SMILES string of the molecule is c1ccc2c(c1)ccc1c2oc2cccc(-c3ccc(-c4ccc5ccc6cccc7ccc4c5c67)cc3-c3ccc4ccc5cccc6ccc3c4c56)c21.